The number of rotatable bonds is 11. The van der Waals surface area contributed by atoms with Gasteiger partial charge in [-0.1, -0.05) is 26.7 Å². The van der Waals surface area contributed by atoms with Crippen molar-refractivity contribution in [3.05, 3.63) is 0 Å². The lowest BCUT2D eigenvalue weighted by Gasteiger charge is -2.14. The van der Waals surface area contributed by atoms with E-state index in [1.807, 2.05) is 0 Å². The summed E-state index contributed by atoms with van der Waals surface area (Å²) in [5.41, 5.74) is 5.55. The lowest BCUT2D eigenvalue weighted by atomic mass is 9.94. The van der Waals surface area contributed by atoms with Crippen LogP contribution in [0.15, 0.2) is 0 Å². The van der Waals surface area contributed by atoms with Crippen LogP contribution in [-0.4, -0.2) is 30.1 Å². The van der Waals surface area contributed by atoms with E-state index in [0.29, 0.717) is 31.8 Å². The summed E-state index contributed by atoms with van der Waals surface area (Å²) in [4.78, 5) is 22.2. The largest absolute Gasteiger partial charge is 0.481 e. The summed E-state index contributed by atoms with van der Waals surface area (Å²) >= 11 is 0. The zero-order valence-electron chi connectivity index (χ0n) is 12.2. The van der Waals surface area contributed by atoms with E-state index in [-0.39, 0.29) is 5.91 Å². The van der Waals surface area contributed by atoms with Crippen LogP contribution in [0.3, 0.4) is 0 Å². The number of carbonyl (C=O) groups is 2. The smallest absolute Gasteiger partial charge is 0.306 e. The van der Waals surface area contributed by atoms with Crippen molar-refractivity contribution in [3.8, 4) is 0 Å². The van der Waals surface area contributed by atoms with Crippen LogP contribution in [0.4, 0.5) is 0 Å². The van der Waals surface area contributed by atoms with Gasteiger partial charge in [0.05, 0.1) is 5.92 Å². The molecule has 0 rings (SSSR count). The number of carboxylic acids is 1. The highest BCUT2D eigenvalue weighted by Crippen LogP contribution is 2.16. The van der Waals surface area contributed by atoms with Crippen LogP contribution in [0.25, 0.3) is 0 Å². The minimum Gasteiger partial charge on any atom is -0.481 e. The molecule has 0 heterocycles. The molecule has 2 atom stereocenters. The first-order valence-electron chi connectivity index (χ1n) is 7.20. The highest BCUT2D eigenvalue weighted by atomic mass is 16.4. The van der Waals surface area contributed by atoms with Gasteiger partial charge in [-0.3, -0.25) is 9.59 Å². The van der Waals surface area contributed by atoms with Crippen molar-refractivity contribution in [1.82, 2.24) is 5.32 Å². The third kappa shape index (κ3) is 9.47. The van der Waals surface area contributed by atoms with Gasteiger partial charge in [0.1, 0.15) is 0 Å². The van der Waals surface area contributed by atoms with Crippen molar-refractivity contribution in [2.75, 3.05) is 13.1 Å². The van der Waals surface area contributed by atoms with Gasteiger partial charge in [-0.15, -0.1) is 0 Å². The zero-order valence-corrected chi connectivity index (χ0v) is 12.2. The van der Waals surface area contributed by atoms with Crippen LogP contribution in [0.2, 0.25) is 0 Å². The van der Waals surface area contributed by atoms with Gasteiger partial charge in [0, 0.05) is 13.0 Å². The molecule has 5 nitrogen and oxygen atoms in total. The number of hydrogen-bond acceptors (Lipinski definition) is 3. The van der Waals surface area contributed by atoms with Crippen LogP contribution in [0.5, 0.6) is 0 Å². The highest BCUT2D eigenvalue weighted by Gasteiger charge is 2.12. The zero-order chi connectivity index (χ0) is 14.7. The molecule has 0 aliphatic rings. The van der Waals surface area contributed by atoms with Crippen molar-refractivity contribution in [2.45, 2.75) is 52.4 Å². The fraction of sp³-hybridized carbons (Fsp3) is 0.857. The Balaban J connectivity index is 3.75. The number of nitrogens with one attached hydrogen (secondary N) is 1. The van der Waals surface area contributed by atoms with Crippen LogP contribution < -0.4 is 11.1 Å². The Hall–Kier alpha value is -1.10. The topological polar surface area (TPSA) is 92.4 Å². The van der Waals surface area contributed by atoms with E-state index in [2.05, 4.69) is 12.2 Å². The van der Waals surface area contributed by atoms with Gasteiger partial charge in [0.15, 0.2) is 0 Å². The van der Waals surface area contributed by atoms with E-state index in [1.165, 1.54) is 0 Å². The van der Waals surface area contributed by atoms with Crippen LogP contribution in [-0.2, 0) is 9.59 Å². The van der Waals surface area contributed by atoms with Crippen LogP contribution in [0, 0.1) is 11.8 Å². The lowest BCUT2D eigenvalue weighted by Crippen LogP contribution is -2.27. The molecule has 112 valence electrons. The quantitative estimate of drug-likeness (QED) is 0.534. The molecule has 4 N–H and O–H groups in total. The van der Waals surface area contributed by atoms with Gasteiger partial charge in [-0.05, 0) is 31.7 Å². The molecule has 0 aromatic heterocycles. The summed E-state index contributed by atoms with van der Waals surface area (Å²) in [6, 6.07) is 0. The first-order valence-corrected chi connectivity index (χ1v) is 7.20. The summed E-state index contributed by atoms with van der Waals surface area (Å²) in [5, 5.41) is 11.5. The minimum atomic E-state index is -0.819. The average Bonchev–Trinajstić information content (AvgIpc) is 2.36. The van der Waals surface area contributed by atoms with Crippen molar-refractivity contribution in [2.24, 2.45) is 17.6 Å². The van der Waals surface area contributed by atoms with Gasteiger partial charge >= 0.3 is 5.97 Å². The third-order valence-corrected chi connectivity index (χ3v) is 3.37. The van der Waals surface area contributed by atoms with E-state index >= 15 is 0 Å². The summed E-state index contributed by atoms with van der Waals surface area (Å²) in [7, 11) is 0. The van der Waals surface area contributed by atoms with E-state index in [4.69, 9.17) is 10.8 Å². The number of nitrogens with two attached hydrogens (primary N) is 1. The Kier molecular flexibility index (Phi) is 10.2. The molecule has 5 heteroatoms. The van der Waals surface area contributed by atoms with Gasteiger partial charge in [0.2, 0.25) is 5.91 Å². The Bertz CT molecular complexity index is 263. The van der Waals surface area contributed by atoms with Crippen molar-refractivity contribution >= 4 is 11.9 Å². The average molecular weight is 272 g/mol. The Labute approximate surface area is 115 Å². The molecule has 0 aromatic carbocycles. The highest BCUT2D eigenvalue weighted by molar-refractivity contribution is 5.76. The summed E-state index contributed by atoms with van der Waals surface area (Å²) in [5.74, 6) is -0.694. The first-order chi connectivity index (χ1) is 9.01. The normalized spacial score (nSPS) is 13.8. The predicted molar refractivity (Wildman–Crippen MR) is 75.7 cm³/mol. The van der Waals surface area contributed by atoms with Crippen molar-refractivity contribution in [3.63, 3.8) is 0 Å². The fourth-order valence-corrected chi connectivity index (χ4v) is 2.05. The Morgan fingerprint density at radius 2 is 1.89 bits per heavy atom. The van der Waals surface area contributed by atoms with E-state index in [1.54, 1.807) is 6.92 Å². The second-order valence-corrected chi connectivity index (χ2v) is 5.15. The molecule has 0 aliphatic heterocycles. The second kappa shape index (κ2) is 10.8. The third-order valence-electron chi connectivity index (χ3n) is 3.37. The van der Waals surface area contributed by atoms with Crippen LogP contribution >= 0.6 is 0 Å². The van der Waals surface area contributed by atoms with Gasteiger partial charge < -0.3 is 16.2 Å². The molecule has 0 bridgehead atoms. The number of carbonyl (C=O) groups excluding carboxylic acids is 1. The van der Waals surface area contributed by atoms with Gasteiger partial charge in [0.25, 0.3) is 0 Å². The standard InChI is InChI=1S/C14H28N2O3/c1-3-4-12(7-9-15)5-6-13(17)16-10-8-11(2)14(18)19/h11-12H,3-10,15H2,1-2H3,(H,16,17)(H,18,19). The molecule has 0 fully saturated rings. The van der Waals surface area contributed by atoms with E-state index in [0.717, 1.165) is 25.7 Å². The van der Waals surface area contributed by atoms with E-state index < -0.39 is 11.9 Å². The maximum Gasteiger partial charge on any atom is 0.306 e. The van der Waals surface area contributed by atoms with Gasteiger partial charge in [-0.2, -0.15) is 0 Å². The first kappa shape index (κ1) is 17.9. The molecule has 0 aromatic rings. The minimum absolute atomic E-state index is 0.00992. The molecule has 0 spiro atoms. The molecular formula is C14H28N2O3. The maximum atomic E-state index is 11.6. The molecule has 1 amide bonds. The molecular weight excluding hydrogens is 244 g/mol. The molecule has 0 saturated heterocycles. The number of aliphatic carboxylic acids is 1. The van der Waals surface area contributed by atoms with Crippen molar-refractivity contribution in [1.29, 1.82) is 0 Å². The molecule has 19 heavy (non-hydrogen) atoms. The lowest BCUT2D eigenvalue weighted by molar-refractivity contribution is -0.141. The number of amides is 1. The molecule has 0 aliphatic carbocycles. The monoisotopic (exact) mass is 272 g/mol. The van der Waals surface area contributed by atoms with E-state index in [9.17, 15) is 9.59 Å². The maximum absolute atomic E-state index is 11.6. The molecule has 0 radical (unpaired) electrons. The Morgan fingerprint density at radius 3 is 2.42 bits per heavy atom. The van der Waals surface area contributed by atoms with Gasteiger partial charge in [-0.25, -0.2) is 0 Å². The summed E-state index contributed by atoms with van der Waals surface area (Å²) < 4.78 is 0. The Morgan fingerprint density at radius 1 is 1.21 bits per heavy atom. The molecule has 0 saturated carbocycles. The number of carboxylic acid groups (broad SMARTS) is 1. The van der Waals surface area contributed by atoms with Crippen molar-refractivity contribution < 1.29 is 14.7 Å². The summed E-state index contributed by atoms with van der Waals surface area (Å²) in [6.07, 6.45) is 5.04. The fourth-order valence-electron chi connectivity index (χ4n) is 2.05. The number of hydrogen-bond donors (Lipinski definition) is 3. The SMILES string of the molecule is CCCC(CCN)CCC(=O)NCCC(C)C(=O)O. The summed E-state index contributed by atoms with van der Waals surface area (Å²) in [6.45, 7) is 4.88. The van der Waals surface area contributed by atoms with Crippen LogP contribution in [0.1, 0.15) is 52.4 Å². The second-order valence-electron chi connectivity index (χ2n) is 5.15. The predicted octanol–water partition coefficient (Wildman–Crippen LogP) is 1.76. The molecule has 2 unspecified atom stereocenters.